The summed E-state index contributed by atoms with van der Waals surface area (Å²) in [4.78, 5) is 31.8. The van der Waals surface area contributed by atoms with Crippen LogP contribution in [-0.2, 0) is 18.4 Å². The van der Waals surface area contributed by atoms with Crippen molar-refractivity contribution in [2.75, 3.05) is 6.54 Å². The molecule has 1 N–H and O–H groups in total. The van der Waals surface area contributed by atoms with Gasteiger partial charge >= 0.3 is 0 Å². The highest BCUT2D eigenvalue weighted by molar-refractivity contribution is 7.11. The fourth-order valence-corrected chi connectivity index (χ4v) is 4.16. The van der Waals surface area contributed by atoms with E-state index in [2.05, 4.69) is 10.3 Å². The van der Waals surface area contributed by atoms with Gasteiger partial charge in [-0.25, -0.2) is 4.98 Å². The molecule has 0 bridgehead atoms. The summed E-state index contributed by atoms with van der Waals surface area (Å²) in [5.74, 6) is -0.0252. The molecule has 6 nitrogen and oxygen atoms in total. The van der Waals surface area contributed by atoms with Crippen LogP contribution in [0.1, 0.15) is 58.3 Å². The van der Waals surface area contributed by atoms with E-state index >= 15 is 0 Å². The molecule has 25 heavy (non-hydrogen) atoms. The summed E-state index contributed by atoms with van der Waals surface area (Å²) >= 11 is 1.58. The quantitative estimate of drug-likeness (QED) is 0.912. The molecule has 3 rings (SSSR count). The molecule has 0 aromatic carbocycles. The van der Waals surface area contributed by atoms with E-state index in [1.807, 2.05) is 41.8 Å². The minimum absolute atomic E-state index is 0.0550. The molecule has 1 atom stereocenters. The van der Waals surface area contributed by atoms with Gasteiger partial charge in [0.2, 0.25) is 5.91 Å². The van der Waals surface area contributed by atoms with Gasteiger partial charge in [-0.2, -0.15) is 0 Å². The first kappa shape index (κ1) is 17.7. The molecule has 7 heteroatoms. The van der Waals surface area contributed by atoms with Crippen molar-refractivity contribution in [3.8, 4) is 0 Å². The second-order valence-corrected chi connectivity index (χ2v) is 7.79. The predicted octanol–water partition coefficient (Wildman–Crippen LogP) is 2.79. The SMILES string of the molecule is CC(=O)N1CCCCC1c1ccc(C(=O)NCc2ncc(C)s2)n1C. The summed E-state index contributed by atoms with van der Waals surface area (Å²) < 4.78 is 1.91. The molecular weight excluding hydrogens is 336 g/mol. The number of amides is 2. The lowest BCUT2D eigenvalue weighted by Gasteiger charge is -2.35. The highest BCUT2D eigenvalue weighted by Gasteiger charge is 2.28. The molecule has 0 radical (unpaired) electrons. The molecule has 2 aromatic rings. The number of hydrogen-bond acceptors (Lipinski definition) is 4. The first-order chi connectivity index (χ1) is 12.0. The van der Waals surface area contributed by atoms with E-state index in [-0.39, 0.29) is 17.9 Å². The average molecular weight is 360 g/mol. The van der Waals surface area contributed by atoms with Crippen molar-refractivity contribution in [2.24, 2.45) is 7.05 Å². The number of hydrogen-bond donors (Lipinski definition) is 1. The maximum Gasteiger partial charge on any atom is 0.268 e. The van der Waals surface area contributed by atoms with Crippen molar-refractivity contribution in [3.05, 3.63) is 39.6 Å². The smallest absolute Gasteiger partial charge is 0.268 e. The zero-order chi connectivity index (χ0) is 18.0. The molecule has 1 aliphatic rings. The van der Waals surface area contributed by atoms with Crippen LogP contribution in [0.3, 0.4) is 0 Å². The number of aryl methyl sites for hydroxylation is 1. The van der Waals surface area contributed by atoms with Crippen molar-refractivity contribution in [1.82, 2.24) is 19.8 Å². The van der Waals surface area contributed by atoms with Crippen LogP contribution < -0.4 is 5.32 Å². The number of carbonyl (C=O) groups is 2. The number of carbonyl (C=O) groups excluding carboxylic acids is 2. The molecule has 1 saturated heterocycles. The number of aromatic nitrogens is 2. The maximum absolute atomic E-state index is 12.5. The van der Waals surface area contributed by atoms with Crippen LogP contribution in [0, 0.1) is 6.92 Å². The van der Waals surface area contributed by atoms with Gasteiger partial charge in [-0.05, 0) is 38.3 Å². The van der Waals surface area contributed by atoms with Gasteiger partial charge in [0.05, 0.1) is 12.6 Å². The number of piperidine rings is 1. The standard InChI is InChI=1S/C18H24N4O2S/c1-12-10-19-17(25-12)11-20-18(24)16-8-7-14(21(16)3)15-6-4-5-9-22(15)13(2)23/h7-8,10,15H,4-6,9,11H2,1-3H3,(H,20,24). The van der Waals surface area contributed by atoms with Crippen LogP contribution >= 0.6 is 11.3 Å². The van der Waals surface area contributed by atoms with Crippen molar-refractivity contribution < 1.29 is 9.59 Å². The van der Waals surface area contributed by atoms with Gasteiger partial charge < -0.3 is 14.8 Å². The van der Waals surface area contributed by atoms with Gasteiger partial charge in [-0.15, -0.1) is 11.3 Å². The number of nitrogens with one attached hydrogen (secondary N) is 1. The van der Waals surface area contributed by atoms with Gasteiger partial charge in [-0.3, -0.25) is 9.59 Å². The van der Waals surface area contributed by atoms with Crippen LogP contribution in [0.4, 0.5) is 0 Å². The minimum Gasteiger partial charge on any atom is -0.344 e. The van der Waals surface area contributed by atoms with Gasteiger partial charge in [0.15, 0.2) is 0 Å². The maximum atomic E-state index is 12.5. The van der Waals surface area contributed by atoms with Crippen LogP contribution in [0.5, 0.6) is 0 Å². The predicted molar refractivity (Wildman–Crippen MR) is 97.4 cm³/mol. The topological polar surface area (TPSA) is 67.2 Å². The summed E-state index contributed by atoms with van der Waals surface area (Å²) in [5, 5.41) is 3.83. The van der Waals surface area contributed by atoms with Crippen LogP contribution in [0.25, 0.3) is 0 Å². The molecule has 1 unspecified atom stereocenters. The number of likely N-dealkylation sites (tertiary alicyclic amines) is 1. The third-order valence-corrected chi connectivity index (χ3v) is 5.62. The second-order valence-electron chi connectivity index (χ2n) is 6.47. The second kappa shape index (κ2) is 7.39. The Hall–Kier alpha value is -2.15. The number of rotatable bonds is 4. The Balaban J connectivity index is 1.73. The largest absolute Gasteiger partial charge is 0.344 e. The van der Waals surface area contributed by atoms with E-state index in [0.717, 1.165) is 41.4 Å². The first-order valence-corrected chi connectivity index (χ1v) is 9.41. The Labute approximate surface area is 151 Å². The molecule has 0 aliphatic carbocycles. The summed E-state index contributed by atoms with van der Waals surface area (Å²) in [6.45, 7) is 4.83. The highest BCUT2D eigenvalue weighted by Crippen LogP contribution is 2.31. The first-order valence-electron chi connectivity index (χ1n) is 8.59. The molecule has 1 aliphatic heterocycles. The molecule has 1 fully saturated rings. The zero-order valence-corrected chi connectivity index (χ0v) is 15.7. The lowest BCUT2D eigenvalue weighted by atomic mass is 9.99. The fourth-order valence-electron chi connectivity index (χ4n) is 3.44. The van der Waals surface area contributed by atoms with Crippen LogP contribution in [-0.4, -0.2) is 32.8 Å². The van der Waals surface area contributed by atoms with E-state index in [1.165, 1.54) is 0 Å². The van der Waals surface area contributed by atoms with E-state index in [4.69, 9.17) is 0 Å². The highest BCUT2D eigenvalue weighted by atomic mass is 32.1. The van der Waals surface area contributed by atoms with Gasteiger partial charge in [0.1, 0.15) is 10.7 Å². The van der Waals surface area contributed by atoms with Gasteiger partial charge in [-0.1, -0.05) is 0 Å². The lowest BCUT2D eigenvalue weighted by Crippen LogP contribution is -2.38. The summed E-state index contributed by atoms with van der Waals surface area (Å²) in [6.07, 6.45) is 4.90. The molecule has 3 heterocycles. The van der Waals surface area contributed by atoms with Gasteiger partial charge in [0.25, 0.3) is 5.91 Å². The Bertz CT molecular complexity index is 780. The number of thiazole rings is 1. The molecule has 2 amide bonds. The Morgan fingerprint density at radius 1 is 1.36 bits per heavy atom. The number of nitrogens with zero attached hydrogens (tertiary/aromatic N) is 3. The monoisotopic (exact) mass is 360 g/mol. The van der Waals surface area contributed by atoms with E-state index < -0.39 is 0 Å². The Morgan fingerprint density at radius 2 is 2.16 bits per heavy atom. The van der Waals surface area contributed by atoms with E-state index in [0.29, 0.717) is 12.2 Å². The molecule has 134 valence electrons. The third-order valence-electron chi connectivity index (χ3n) is 4.71. The summed E-state index contributed by atoms with van der Waals surface area (Å²) in [6, 6.07) is 3.86. The van der Waals surface area contributed by atoms with Crippen molar-refractivity contribution in [2.45, 2.75) is 45.7 Å². The fraction of sp³-hybridized carbons (Fsp3) is 0.500. The van der Waals surface area contributed by atoms with Crippen LogP contribution in [0.2, 0.25) is 0 Å². The summed E-state index contributed by atoms with van der Waals surface area (Å²) in [7, 11) is 1.89. The Morgan fingerprint density at radius 3 is 2.84 bits per heavy atom. The van der Waals surface area contributed by atoms with Crippen LogP contribution in [0.15, 0.2) is 18.3 Å². The van der Waals surface area contributed by atoms with Crippen molar-refractivity contribution in [1.29, 1.82) is 0 Å². The van der Waals surface area contributed by atoms with Gasteiger partial charge in [0, 0.05) is 37.3 Å². The van der Waals surface area contributed by atoms with Crippen molar-refractivity contribution >= 4 is 23.2 Å². The Kier molecular flexibility index (Phi) is 5.22. The molecule has 0 spiro atoms. The third kappa shape index (κ3) is 3.76. The van der Waals surface area contributed by atoms with Crippen molar-refractivity contribution in [3.63, 3.8) is 0 Å². The minimum atomic E-state index is -0.119. The van der Waals surface area contributed by atoms with E-state index in [9.17, 15) is 9.59 Å². The average Bonchev–Trinajstić information content (AvgIpc) is 3.18. The molecular formula is C18H24N4O2S. The molecule has 0 saturated carbocycles. The van der Waals surface area contributed by atoms with E-state index in [1.54, 1.807) is 18.3 Å². The normalized spacial score (nSPS) is 17.6. The lowest BCUT2D eigenvalue weighted by molar-refractivity contribution is -0.132. The molecule has 2 aromatic heterocycles. The zero-order valence-electron chi connectivity index (χ0n) is 14.9. The summed E-state index contributed by atoms with van der Waals surface area (Å²) in [5.41, 5.74) is 1.63.